The number of benzene rings is 1. The van der Waals surface area contributed by atoms with E-state index in [1.54, 1.807) is 23.7 Å². The van der Waals surface area contributed by atoms with Crippen LogP contribution in [0.3, 0.4) is 0 Å². The second kappa shape index (κ2) is 5.84. The second-order valence-corrected chi connectivity index (χ2v) is 5.36. The molecule has 0 amide bonds. The van der Waals surface area contributed by atoms with Crippen LogP contribution in [0.4, 0.5) is 5.82 Å². The van der Waals surface area contributed by atoms with Gasteiger partial charge in [0, 0.05) is 36.9 Å². The molecule has 0 aliphatic carbocycles. The van der Waals surface area contributed by atoms with Crippen molar-refractivity contribution in [2.75, 3.05) is 11.9 Å². The van der Waals surface area contributed by atoms with Crippen LogP contribution in [0.5, 0.6) is 0 Å². The summed E-state index contributed by atoms with van der Waals surface area (Å²) >= 11 is 1.67. The van der Waals surface area contributed by atoms with Crippen molar-refractivity contribution in [3.8, 4) is 11.3 Å². The second-order valence-electron chi connectivity index (χ2n) is 4.58. The lowest BCUT2D eigenvalue weighted by atomic mass is 10.2. The number of anilines is 1. The molecule has 1 aromatic carbocycles. The van der Waals surface area contributed by atoms with Crippen LogP contribution in [0.15, 0.2) is 59.6 Å². The Morgan fingerprint density at radius 3 is 2.60 bits per heavy atom. The molecule has 2 aromatic heterocycles. The zero-order chi connectivity index (χ0) is 13.8. The average Bonchev–Trinajstić information content (AvgIpc) is 3.02. The fraction of sp³-hybridized carbons (Fsp3) is 0.125. The molecule has 0 atom stereocenters. The van der Waals surface area contributed by atoms with Crippen molar-refractivity contribution >= 4 is 17.2 Å². The minimum atomic E-state index is 0.816. The Kier molecular flexibility index (Phi) is 3.74. The van der Waals surface area contributed by atoms with Crippen molar-refractivity contribution in [2.24, 2.45) is 0 Å². The smallest absolute Gasteiger partial charge is 0.155 e. The van der Waals surface area contributed by atoms with Crippen molar-refractivity contribution in [3.63, 3.8) is 0 Å². The first-order valence-corrected chi connectivity index (χ1v) is 7.37. The minimum absolute atomic E-state index is 0.816. The van der Waals surface area contributed by atoms with Crippen LogP contribution in [-0.2, 0) is 6.54 Å². The lowest BCUT2D eigenvalue weighted by molar-refractivity contribution is 0.892. The van der Waals surface area contributed by atoms with E-state index in [9.17, 15) is 0 Å². The molecule has 0 bridgehead atoms. The van der Waals surface area contributed by atoms with Crippen molar-refractivity contribution in [3.05, 3.63) is 65.1 Å². The van der Waals surface area contributed by atoms with Crippen LogP contribution in [0.2, 0.25) is 0 Å². The molecule has 0 unspecified atom stereocenters. The zero-order valence-electron chi connectivity index (χ0n) is 11.2. The maximum Gasteiger partial charge on any atom is 0.155 e. The normalized spacial score (nSPS) is 10.4. The summed E-state index contributed by atoms with van der Waals surface area (Å²) in [5, 5.41) is 4.16. The molecule has 20 heavy (non-hydrogen) atoms. The zero-order valence-corrected chi connectivity index (χ0v) is 12.0. The minimum Gasteiger partial charge on any atom is -0.354 e. The van der Waals surface area contributed by atoms with Gasteiger partial charge in [0.05, 0.1) is 0 Å². The Labute approximate surface area is 122 Å². The highest BCUT2D eigenvalue weighted by Crippen LogP contribution is 2.28. The van der Waals surface area contributed by atoms with Gasteiger partial charge in [-0.15, -0.1) is 0 Å². The standard InChI is InChI=1S/C16H15N3S/c1-19(11-13-5-3-2-4-6-13)16-15(17-8-9-18-16)14-7-10-20-12-14/h2-10,12H,11H2,1H3. The molecule has 0 spiro atoms. The molecule has 4 heteroatoms. The summed E-state index contributed by atoms with van der Waals surface area (Å²) in [6.07, 6.45) is 3.49. The largest absolute Gasteiger partial charge is 0.354 e. The molecular formula is C16H15N3S. The summed E-state index contributed by atoms with van der Waals surface area (Å²) in [5.74, 6) is 0.912. The van der Waals surface area contributed by atoms with E-state index >= 15 is 0 Å². The maximum absolute atomic E-state index is 4.50. The van der Waals surface area contributed by atoms with E-state index in [1.807, 2.05) is 13.1 Å². The fourth-order valence-corrected chi connectivity index (χ4v) is 2.79. The van der Waals surface area contributed by atoms with Crippen LogP contribution in [0.25, 0.3) is 11.3 Å². The Bertz CT molecular complexity index is 665. The van der Waals surface area contributed by atoms with E-state index in [4.69, 9.17) is 0 Å². The van der Waals surface area contributed by atoms with Crippen molar-refractivity contribution in [1.29, 1.82) is 0 Å². The topological polar surface area (TPSA) is 29.0 Å². The van der Waals surface area contributed by atoms with Gasteiger partial charge < -0.3 is 4.90 Å². The van der Waals surface area contributed by atoms with Gasteiger partial charge in [0.25, 0.3) is 0 Å². The molecule has 0 radical (unpaired) electrons. The molecule has 0 aliphatic rings. The fourth-order valence-electron chi connectivity index (χ4n) is 2.15. The van der Waals surface area contributed by atoms with Crippen LogP contribution >= 0.6 is 11.3 Å². The van der Waals surface area contributed by atoms with E-state index in [2.05, 4.69) is 56.0 Å². The predicted octanol–water partition coefficient (Wildman–Crippen LogP) is 3.84. The number of aromatic nitrogens is 2. The lowest BCUT2D eigenvalue weighted by Crippen LogP contribution is -2.18. The molecule has 0 N–H and O–H groups in total. The number of hydrogen-bond acceptors (Lipinski definition) is 4. The molecule has 100 valence electrons. The Morgan fingerprint density at radius 1 is 1.05 bits per heavy atom. The molecule has 3 nitrogen and oxygen atoms in total. The van der Waals surface area contributed by atoms with Gasteiger partial charge in [-0.1, -0.05) is 30.3 Å². The average molecular weight is 281 g/mol. The summed E-state index contributed by atoms with van der Waals surface area (Å²) in [6.45, 7) is 0.816. The van der Waals surface area contributed by atoms with E-state index in [1.165, 1.54) is 5.56 Å². The molecule has 0 saturated heterocycles. The van der Waals surface area contributed by atoms with E-state index in [0.717, 1.165) is 23.6 Å². The molecule has 0 saturated carbocycles. The lowest BCUT2D eigenvalue weighted by Gasteiger charge is -2.20. The van der Waals surface area contributed by atoms with Gasteiger partial charge in [-0.25, -0.2) is 4.98 Å². The molecule has 3 aromatic rings. The number of rotatable bonds is 4. The van der Waals surface area contributed by atoms with E-state index < -0.39 is 0 Å². The SMILES string of the molecule is CN(Cc1ccccc1)c1nccnc1-c1ccsc1. The number of hydrogen-bond donors (Lipinski definition) is 0. The summed E-state index contributed by atoms with van der Waals surface area (Å²) in [5.41, 5.74) is 3.32. The maximum atomic E-state index is 4.50. The molecular weight excluding hydrogens is 266 g/mol. The molecule has 0 aliphatic heterocycles. The quantitative estimate of drug-likeness (QED) is 0.727. The highest BCUT2D eigenvalue weighted by molar-refractivity contribution is 7.08. The Balaban J connectivity index is 1.90. The van der Waals surface area contributed by atoms with Gasteiger partial charge in [0.2, 0.25) is 0 Å². The molecule has 0 fully saturated rings. The number of thiophene rings is 1. The van der Waals surface area contributed by atoms with Gasteiger partial charge in [-0.2, -0.15) is 11.3 Å². The third-order valence-corrected chi connectivity index (χ3v) is 3.78. The molecule has 2 heterocycles. The Morgan fingerprint density at radius 2 is 1.85 bits per heavy atom. The summed E-state index contributed by atoms with van der Waals surface area (Å²) < 4.78 is 0. The van der Waals surface area contributed by atoms with Crippen molar-refractivity contribution in [2.45, 2.75) is 6.54 Å². The third-order valence-electron chi connectivity index (χ3n) is 3.10. The van der Waals surface area contributed by atoms with Gasteiger partial charge in [0.1, 0.15) is 5.69 Å². The third kappa shape index (κ3) is 2.70. The van der Waals surface area contributed by atoms with Crippen LogP contribution in [0, 0.1) is 0 Å². The first kappa shape index (κ1) is 12.8. The van der Waals surface area contributed by atoms with Crippen molar-refractivity contribution in [1.82, 2.24) is 9.97 Å². The van der Waals surface area contributed by atoms with Crippen LogP contribution in [-0.4, -0.2) is 17.0 Å². The summed E-state index contributed by atoms with van der Waals surface area (Å²) in [6, 6.07) is 12.5. The van der Waals surface area contributed by atoms with E-state index in [-0.39, 0.29) is 0 Å². The van der Waals surface area contributed by atoms with Gasteiger partial charge in [-0.05, 0) is 17.0 Å². The van der Waals surface area contributed by atoms with Crippen molar-refractivity contribution < 1.29 is 0 Å². The first-order valence-electron chi connectivity index (χ1n) is 6.43. The summed E-state index contributed by atoms with van der Waals surface area (Å²) in [7, 11) is 2.05. The van der Waals surface area contributed by atoms with Gasteiger partial charge >= 0.3 is 0 Å². The molecule has 3 rings (SSSR count). The van der Waals surface area contributed by atoms with E-state index in [0.29, 0.717) is 0 Å². The highest BCUT2D eigenvalue weighted by Gasteiger charge is 2.12. The predicted molar refractivity (Wildman–Crippen MR) is 83.9 cm³/mol. The first-order chi connectivity index (χ1) is 9.84. The monoisotopic (exact) mass is 281 g/mol. The highest BCUT2D eigenvalue weighted by atomic mass is 32.1. The number of nitrogens with zero attached hydrogens (tertiary/aromatic N) is 3. The van der Waals surface area contributed by atoms with Crippen LogP contribution < -0.4 is 4.90 Å². The Hall–Kier alpha value is -2.20. The van der Waals surface area contributed by atoms with Crippen LogP contribution in [0.1, 0.15) is 5.56 Å². The van der Waals surface area contributed by atoms with Gasteiger partial charge in [0.15, 0.2) is 5.82 Å². The van der Waals surface area contributed by atoms with Gasteiger partial charge in [-0.3, -0.25) is 4.98 Å². The summed E-state index contributed by atoms with van der Waals surface area (Å²) in [4.78, 5) is 11.1.